The molecular weight excluding hydrogens is 218 g/mol. The third-order valence-corrected chi connectivity index (χ3v) is 2.57. The summed E-state index contributed by atoms with van der Waals surface area (Å²) in [6, 6.07) is 3.75. The molecule has 1 aliphatic carbocycles. The summed E-state index contributed by atoms with van der Waals surface area (Å²) in [7, 11) is 0. The maximum absolute atomic E-state index is 11.8. The summed E-state index contributed by atoms with van der Waals surface area (Å²) in [6.45, 7) is 0. The first-order valence-electron chi connectivity index (χ1n) is 5.45. The van der Waals surface area contributed by atoms with Crippen LogP contribution in [-0.4, -0.2) is 31.7 Å². The lowest BCUT2D eigenvalue weighted by Crippen LogP contribution is -2.25. The van der Waals surface area contributed by atoms with Gasteiger partial charge in [-0.2, -0.15) is 5.10 Å². The molecule has 1 fully saturated rings. The Kier molecular flexibility index (Phi) is 2.32. The van der Waals surface area contributed by atoms with Crippen LogP contribution in [-0.2, 0) is 0 Å². The predicted molar refractivity (Wildman–Crippen MR) is 59.6 cm³/mol. The quantitative estimate of drug-likeness (QED) is 0.834. The number of hydrogen-bond donors (Lipinski definition) is 1. The van der Waals surface area contributed by atoms with Crippen molar-refractivity contribution < 1.29 is 4.79 Å². The third kappa shape index (κ3) is 2.15. The van der Waals surface area contributed by atoms with Gasteiger partial charge in [0.2, 0.25) is 0 Å². The van der Waals surface area contributed by atoms with Gasteiger partial charge >= 0.3 is 0 Å². The van der Waals surface area contributed by atoms with Crippen molar-refractivity contribution in [3.05, 3.63) is 36.5 Å². The van der Waals surface area contributed by atoms with Gasteiger partial charge in [0.15, 0.2) is 5.82 Å². The fraction of sp³-hybridized carbons (Fsp3) is 0.273. The Morgan fingerprint density at radius 1 is 1.47 bits per heavy atom. The van der Waals surface area contributed by atoms with E-state index < -0.39 is 0 Å². The van der Waals surface area contributed by atoms with Gasteiger partial charge in [0.25, 0.3) is 5.91 Å². The molecule has 86 valence electrons. The molecule has 3 rings (SSSR count). The molecule has 0 aliphatic heterocycles. The Labute approximate surface area is 97.7 Å². The van der Waals surface area contributed by atoms with Crippen molar-refractivity contribution in [3.8, 4) is 5.82 Å². The second-order valence-electron chi connectivity index (χ2n) is 3.99. The number of nitrogens with one attached hydrogen (secondary N) is 1. The lowest BCUT2D eigenvalue weighted by molar-refractivity contribution is 0.0951. The average molecular weight is 229 g/mol. The summed E-state index contributed by atoms with van der Waals surface area (Å²) in [5.41, 5.74) is 0.595. The molecule has 0 saturated heterocycles. The van der Waals surface area contributed by atoms with E-state index in [4.69, 9.17) is 0 Å². The number of carbonyl (C=O) groups excluding carboxylic acids is 1. The van der Waals surface area contributed by atoms with E-state index in [1.54, 1.807) is 24.7 Å². The van der Waals surface area contributed by atoms with Crippen LogP contribution in [0.3, 0.4) is 0 Å². The van der Waals surface area contributed by atoms with Gasteiger partial charge in [-0.25, -0.2) is 14.6 Å². The molecule has 0 aromatic carbocycles. The summed E-state index contributed by atoms with van der Waals surface area (Å²) in [4.78, 5) is 19.8. The van der Waals surface area contributed by atoms with Gasteiger partial charge in [-0.1, -0.05) is 0 Å². The highest BCUT2D eigenvalue weighted by molar-refractivity contribution is 5.94. The first kappa shape index (κ1) is 9.95. The monoisotopic (exact) mass is 229 g/mol. The average Bonchev–Trinajstić information content (AvgIpc) is 3.00. The number of amides is 1. The van der Waals surface area contributed by atoms with Crippen molar-refractivity contribution in [2.24, 2.45) is 0 Å². The molecule has 1 saturated carbocycles. The Morgan fingerprint density at radius 2 is 2.35 bits per heavy atom. The summed E-state index contributed by atoms with van der Waals surface area (Å²) in [6.07, 6.45) is 6.72. The fourth-order valence-electron chi connectivity index (χ4n) is 1.51. The van der Waals surface area contributed by atoms with Crippen LogP contribution in [0.5, 0.6) is 0 Å². The molecule has 0 spiro atoms. The lowest BCUT2D eigenvalue weighted by atomic mass is 10.2. The zero-order chi connectivity index (χ0) is 11.7. The zero-order valence-corrected chi connectivity index (χ0v) is 9.08. The second kappa shape index (κ2) is 3.97. The van der Waals surface area contributed by atoms with E-state index in [0.717, 1.165) is 12.8 Å². The van der Waals surface area contributed by atoms with Gasteiger partial charge in [-0.15, -0.1) is 0 Å². The minimum absolute atomic E-state index is 0.0590. The van der Waals surface area contributed by atoms with Crippen LogP contribution in [0.15, 0.2) is 31.0 Å². The molecule has 2 aromatic rings. The number of carbonyl (C=O) groups is 1. The van der Waals surface area contributed by atoms with Gasteiger partial charge in [0, 0.05) is 17.8 Å². The Morgan fingerprint density at radius 3 is 3.06 bits per heavy atom. The highest BCUT2D eigenvalue weighted by Gasteiger charge is 2.23. The minimum Gasteiger partial charge on any atom is -0.349 e. The van der Waals surface area contributed by atoms with E-state index in [9.17, 15) is 4.79 Å². The van der Waals surface area contributed by atoms with Crippen LogP contribution < -0.4 is 5.32 Å². The van der Waals surface area contributed by atoms with E-state index in [2.05, 4.69) is 20.4 Å². The number of hydrogen-bond acceptors (Lipinski definition) is 4. The van der Waals surface area contributed by atoms with Crippen molar-refractivity contribution in [2.75, 3.05) is 0 Å². The molecule has 2 heterocycles. The lowest BCUT2D eigenvalue weighted by Gasteiger charge is -2.04. The van der Waals surface area contributed by atoms with E-state index in [1.165, 1.54) is 11.0 Å². The van der Waals surface area contributed by atoms with Crippen molar-refractivity contribution >= 4 is 5.91 Å². The standard InChI is InChI=1S/C11H11N5O/c17-11(15-9-1-2-9)8-3-4-13-10(5-8)16-7-12-6-14-16/h3-7,9H,1-2H2,(H,15,17). The van der Waals surface area contributed by atoms with Crippen LogP contribution in [0.2, 0.25) is 0 Å². The fourth-order valence-corrected chi connectivity index (χ4v) is 1.51. The number of nitrogens with zero attached hydrogens (tertiary/aromatic N) is 4. The summed E-state index contributed by atoms with van der Waals surface area (Å²) in [5, 5.41) is 6.90. The Bertz CT molecular complexity index is 533. The van der Waals surface area contributed by atoms with Crippen LogP contribution in [0.1, 0.15) is 23.2 Å². The van der Waals surface area contributed by atoms with Crippen LogP contribution in [0, 0.1) is 0 Å². The van der Waals surface area contributed by atoms with E-state index in [-0.39, 0.29) is 5.91 Å². The summed E-state index contributed by atoms with van der Waals surface area (Å²) < 4.78 is 1.52. The number of pyridine rings is 1. The smallest absolute Gasteiger partial charge is 0.251 e. The number of rotatable bonds is 3. The Balaban J connectivity index is 1.85. The van der Waals surface area contributed by atoms with Crippen molar-refractivity contribution in [1.82, 2.24) is 25.1 Å². The molecule has 1 aliphatic rings. The second-order valence-corrected chi connectivity index (χ2v) is 3.99. The van der Waals surface area contributed by atoms with Gasteiger partial charge in [-0.3, -0.25) is 4.79 Å². The topological polar surface area (TPSA) is 72.7 Å². The largest absolute Gasteiger partial charge is 0.349 e. The SMILES string of the molecule is O=C(NC1CC1)c1ccnc(-n2cncn2)c1. The van der Waals surface area contributed by atoms with Gasteiger partial charge in [0.05, 0.1) is 0 Å². The maximum atomic E-state index is 11.8. The number of aromatic nitrogens is 4. The summed E-state index contributed by atoms with van der Waals surface area (Å²) in [5.74, 6) is 0.530. The summed E-state index contributed by atoms with van der Waals surface area (Å²) >= 11 is 0. The van der Waals surface area contributed by atoms with Gasteiger partial charge < -0.3 is 5.32 Å². The molecule has 0 radical (unpaired) electrons. The Hall–Kier alpha value is -2.24. The zero-order valence-electron chi connectivity index (χ0n) is 9.08. The van der Waals surface area contributed by atoms with E-state index >= 15 is 0 Å². The molecule has 6 nitrogen and oxygen atoms in total. The van der Waals surface area contributed by atoms with Crippen molar-refractivity contribution in [1.29, 1.82) is 0 Å². The molecule has 0 unspecified atom stereocenters. The van der Waals surface area contributed by atoms with E-state index in [1.807, 2.05) is 0 Å². The van der Waals surface area contributed by atoms with Crippen molar-refractivity contribution in [3.63, 3.8) is 0 Å². The highest BCUT2D eigenvalue weighted by atomic mass is 16.1. The van der Waals surface area contributed by atoms with Crippen LogP contribution in [0.4, 0.5) is 0 Å². The van der Waals surface area contributed by atoms with Gasteiger partial charge in [0.1, 0.15) is 12.7 Å². The molecule has 2 aromatic heterocycles. The molecule has 17 heavy (non-hydrogen) atoms. The van der Waals surface area contributed by atoms with Crippen LogP contribution >= 0.6 is 0 Å². The molecule has 1 N–H and O–H groups in total. The minimum atomic E-state index is -0.0590. The van der Waals surface area contributed by atoms with Gasteiger partial charge in [-0.05, 0) is 25.0 Å². The normalized spacial score (nSPS) is 14.6. The van der Waals surface area contributed by atoms with Crippen LogP contribution in [0.25, 0.3) is 5.82 Å². The molecule has 1 amide bonds. The third-order valence-electron chi connectivity index (χ3n) is 2.57. The van der Waals surface area contributed by atoms with Crippen molar-refractivity contribution in [2.45, 2.75) is 18.9 Å². The first-order valence-corrected chi connectivity index (χ1v) is 5.45. The molecule has 0 bridgehead atoms. The first-order chi connectivity index (χ1) is 8.33. The van der Waals surface area contributed by atoms with E-state index in [0.29, 0.717) is 17.4 Å². The molecule has 6 heteroatoms. The maximum Gasteiger partial charge on any atom is 0.251 e. The highest BCUT2D eigenvalue weighted by Crippen LogP contribution is 2.19. The predicted octanol–water partition coefficient (Wildman–Crippen LogP) is 0.555. The molecule has 0 atom stereocenters. The molecular formula is C11H11N5O.